The lowest BCUT2D eigenvalue weighted by molar-refractivity contribution is -0.965. The van der Waals surface area contributed by atoms with Crippen molar-refractivity contribution in [2.75, 3.05) is 19.6 Å². The van der Waals surface area contributed by atoms with E-state index in [0.717, 1.165) is 25.9 Å². The number of carbonyl (C=O) groups excluding carboxylic acids is 2. The van der Waals surface area contributed by atoms with Gasteiger partial charge in [-0.15, -0.1) is 0 Å². The van der Waals surface area contributed by atoms with E-state index < -0.39 is 29.6 Å². The lowest BCUT2D eigenvalue weighted by Crippen LogP contribution is -2.67. The zero-order valence-corrected chi connectivity index (χ0v) is 19.4. The Morgan fingerprint density at radius 1 is 1.12 bits per heavy atom. The molecular weight excluding hydrogens is 462 g/mol. The van der Waals surface area contributed by atoms with Crippen molar-refractivity contribution < 1.29 is 23.9 Å². The molecular formula is C22H24N5O4S2+. The van der Waals surface area contributed by atoms with E-state index in [9.17, 15) is 14.7 Å². The number of esters is 1. The van der Waals surface area contributed by atoms with Crippen molar-refractivity contribution in [2.24, 2.45) is 11.7 Å². The van der Waals surface area contributed by atoms with Gasteiger partial charge in [-0.3, -0.25) is 4.79 Å². The molecule has 33 heavy (non-hydrogen) atoms. The molecule has 3 aliphatic heterocycles. The summed E-state index contributed by atoms with van der Waals surface area (Å²) in [6, 6.07) is 2.72. The third-order valence-corrected chi connectivity index (χ3v) is 8.33. The molecule has 9 nitrogen and oxygen atoms in total. The van der Waals surface area contributed by atoms with Crippen molar-refractivity contribution in [3.8, 4) is 0 Å². The lowest BCUT2D eigenvalue weighted by atomic mass is 9.81. The average molecular weight is 487 g/mol. The molecule has 3 fully saturated rings. The van der Waals surface area contributed by atoms with E-state index >= 15 is 0 Å². The minimum Gasteiger partial charge on any atom is -0.453 e. The Kier molecular flexibility index (Phi) is 5.73. The number of carbonyl (C=O) groups is 2. The van der Waals surface area contributed by atoms with Gasteiger partial charge in [0.1, 0.15) is 19.2 Å². The number of aliphatic hydroxyl groups is 1. The number of hydrogen-bond acceptors (Lipinski definition) is 9. The van der Waals surface area contributed by atoms with Gasteiger partial charge in [0.15, 0.2) is 11.9 Å². The normalized spacial score (nSPS) is 25.5. The van der Waals surface area contributed by atoms with Crippen LogP contribution < -0.4 is 5.73 Å². The first kappa shape index (κ1) is 22.1. The highest BCUT2D eigenvalue weighted by atomic mass is 32.1. The molecule has 0 radical (unpaired) electrons. The standard InChI is InChI=1S/C22H23N5O4S2/c23-19(28)18(20-25-12-24-13-26-20)27-5-1-14(2-6-27)17(9-27)31-21(29)22(30,15-3-7-32-10-15)16-4-8-33-11-16/h3-4,7-8,10-14,17-18,30H,1-2,5-6,9H2,(H-,23,28)/p+1/t14?,17-,18?,27?/m0/s1. The number of piperidine rings is 3. The summed E-state index contributed by atoms with van der Waals surface area (Å²) in [6.07, 6.45) is 3.82. The molecule has 3 N–H and O–H groups in total. The van der Waals surface area contributed by atoms with Crippen LogP contribution in [0, 0.1) is 5.92 Å². The number of primary amides is 1. The van der Waals surface area contributed by atoms with Crippen molar-refractivity contribution in [1.29, 1.82) is 0 Å². The number of amides is 1. The molecule has 0 spiro atoms. The first-order valence-electron chi connectivity index (χ1n) is 10.7. The van der Waals surface area contributed by atoms with Crippen LogP contribution in [0.1, 0.15) is 35.8 Å². The zero-order chi connectivity index (χ0) is 23.1. The van der Waals surface area contributed by atoms with Crippen molar-refractivity contribution in [3.63, 3.8) is 0 Å². The van der Waals surface area contributed by atoms with E-state index in [-0.39, 0.29) is 5.92 Å². The van der Waals surface area contributed by atoms with Crippen LogP contribution in [0.2, 0.25) is 0 Å². The second kappa shape index (κ2) is 8.56. The molecule has 3 saturated heterocycles. The molecule has 2 atom stereocenters. The minimum atomic E-state index is -1.88. The summed E-state index contributed by atoms with van der Waals surface area (Å²) < 4.78 is 6.36. The van der Waals surface area contributed by atoms with Crippen molar-refractivity contribution in [2.45, 2.75) is 30.6 Å². The maximum Gasteiger partial charge on any atom is 0.348 e. The van der Waals surface area contributed by atoms with Crippen LogP contribution in [0.4, 0.5) is 0 Å². The number of fused-ring (bicyclic) bond motifs is 3. The number of nitrogens with two attached hydrogens (primary N) is 1. The van der Waals surface area contributed by atoms with Crippen molar-refractivity contribution >= 4 is 34.6 Å². The fourth-order valence-electron chi connectivity index (χ4n) is 5.26. The second-order valence-electron chi connectivity index (χ2n) is 8.67. The second-order valence-corrected chi connectivity index (χ2v) is 10.2. The van der Waals surface area contributed by atoms with Gasteiger partial charge in [0.25, 0.3) is 5.91 Å². The van der Waals surface area contributed by atoms with E-state index in [4.69, 9.17) is 10.5 Å². The topological polar surface area (TPSA) is 128 Å². The largest absolute Gasteiger partial charge is 0.453 e. The van der Waals surface area contributed by atoms with Crippen LogP contribution in [0.5, 0.6) is 0 Å². The summed E-state index contributed by atoms with van der Waals surface area (Å²) in [6.45, 7) is 1.85. The highest BCUT2D eigenvalue weighted by Crippen LogP contribution is 2.43. The Morgan fingerprint density at radius 2 is 1.73 bits per heavy atom. The first-order chi connectivity index (χ1) is 15.9. The number of nitrogens with zero attached hydrogens (tertiary/aromatic N) is 4. The number of thiophene rings is 2. The fraction of sp³-hybridized carbons (Fsp3) is 0.409. The van der Waals surface area contributed by atoms with Crippen LogP contribution in [0.3, 0.4) is 0 Å². The molecule has 3 aromatic rings. The summed E-state index contributed by atoms with van der Waals surface area (Å²) in [4.78, 5) is 38.3. The van der Waals surface area contributed by atoms with Crippen LogP contribution in [0.25, 0.3) is 0 Å². The summed E-state index contributed by atoms with van der Waals surface area (Å²) in [5.74, 6) is -0.724. The van der Waals surface area contributed by atoms with E-state index in [1.54, 1.807) is 22.9 Å². The molecule has 6 heterocycles. The number of ether oxygens (including phenoxy) is 1. The first-order valence-corrected chi connectivity index (χ1v) is 12.6. The molecule has 3 aromatic heterocycles. The van der Waals surface area contributed by atoms with Crippen molar-refractivity contribution in [1.82, 2.24) is 15.0 Å². The maximum atomic E-state index is 13.5. The Morgan fingerprint density at radius 3 is 2.24 bits per heavy atom. The van der Waals surface area contributed by atoms with Gasteiger partial charge in [0, 0.05) is 29.9 Å². The van der Waals surface area contributed by atoms with Crippen molar-refractivity contribution in [3.05, 3.63) is 63.3 Å². The van der Waals surface area contributed by atoms with E-state index in [1.165, 1.54) is 35.3 Å². The Bertz CT molecular complexity index is 1080. The third-order valence-electron chi connectivity index (χ3n) is 6.97. The SMILES string of the molecule is NC(=O)C(c1ncncn1)[N+]12CCC(CC1)[C@@H](OC(=O)C(O)(c1ccsc1)c1ccsc1)C2. The van der Waals surface area contributed by atoms with Crippen LogP contribution in [0.15, 0.2) is 46.3 Å². The predicted octanol–water partition coefficient (Wildman–Crippen LogP) is 1.61. The monoisotopic (exact) mass is 486 g/mol. The number of aromatic nitrogens is 3. The predicted molar refractivity (Wildman–Crippen MR) is 121 cm³/mol. The van der Waals surface area contributed by atoms with E-state index in [2.05, 4.69) is 15.0 Å². The molecule has 0 aromatic carbocycles. The Labute approximate surface area is 198 Å². The molecule has 6 rings (SSSR count). The fourth-order valence-corrected chi connectivity index (χ4v) is 6.66. The highest BCUT2D eigenvalue weighted by molar-refractivity contribution is 7.08. The highest BCUT2D eigenvalue weighted by Gasteiger charge is 2.55. The van der Waals surface area contributed by atoms with Gasteiger partial charge in [-0.1, -0.05) is 0 Å². The van der Waals surface area contributed by atoms with Gasteiger partial charge in [-0.05, 0) is 33.7 Å². The van der Waals surface area contributed by atoms with Gasteiger partial charge in [-0.25, -0.2) is 19.7 Å². The number of rotatable bonds is 7. The summed E-state index contributed by atoms with van der Waals surface area (Å²) >= 11 is 2.81. The molecule has 0 aliphatic carbocycles. The molecule has 1 unspecified atom stereocenters. The minimum absolute atomic E-state index is 0.162. The average Bonchev–Trinajstić information content (AvgIpc) is 3.55. The van der Waals surface area contributed by atoms with E-state index in [0.29, 0.717) is 28.0 Å². The molecule has 2 bridgehead atoms. The summed E-state index contributed by atoms with van der Waals surface area (Å²) in [5.41, 5.74) is 4.92. The summed E-state index contributed by atoms with van der Waals surface area (Å²) in [7, 11) is 0. The lowest BCUT2D eigenvalue weighted by Gasteiger charge is -2.54. The van der Waals surface area contributed by atoms with Gasteiger partial charge in [0.05, 0.1) is 13.1 Å². The third kappa shape index (κ3) is 3.74. The van der Waals surface area contributed by atoms with Crippen LogP contribution >= 0.6 is 22.7 Å². The quantitative estimate of drug-likeness (QED) is 0.383. The van der Waals surface area contributed by atoms with Crippen LogP contribution in [-0.2, 0) is 19.9 Å². The maximum absolute atomic E-state index is 13.5. The molecule has 3 aliphatic rings. The van der Waals surface area contributed by atoms with E-state index in [1.807, 2.05) is 10.8 Å². The Hall–Kier alpha value is -2.73. The number of quaternary nitrogens is 1. The van der Waals surface area contributed by atoms with Gasteiger partial charge >= 0.3 is 5.97 Å². The Balaban J connectivity index is 1.44. The number of hydrogen-bond donors (Lipinski definition) is 2. The molecule has 1 amide bonds. The van der Waals surface area contributed by atoms with Gasteiger partial charge in [-0.2, -0.15) is 22.7 Å². The molecule has 172 valence electrons. The molecule has 0 saturated carbocycles. The zero-order valence-electron chi connectivity index (χ0n) is 17.7. The smallest absolute Gasteiger partial charge is 0.348 e. The van der Waals surface area contributed by atoms with Gasteiger partial charge < -0.3 is 20.1 Å². The summed E-state index contributed by atoms with van der Waals surface area (Å²) in [5, 5.41) is 18.7. The van der Waals surface area contributed by atoms with Gasteiger partial charge in [0.2, 0.25) is 11.6 Å². The molecule has 11 heteroatoms. The van der Waals surface area contributed by atoms with Crippen LogP contribution in [-0.4, -0.2) is 62.2 Å².